The summed E-state index contributed by atoms with van der Waals surface area (Å²) in [6.07, 6.45) is 0.457. The van der Waals surface area contributed by atoms with Crippen LogP contribution >= 0.6 is 0 Å². The number of carbonyl (C=O) groups excluding carboxylic acids is 2. The Labute approximate surface area is 207 Å². The summed E-state index contributed by atoms with van der Waals surface area (Å²) in [7, 11) is 0. The van der Waals surface area contributed by atoms with Crippen LogP contribution in [0.4, 0.5) is 5.69 Å². The van der Waals surface area contributed by atoms with Crippen molar-refractivity contribution in [2.45, 2.75) is 39.0 Å². The van der Waals surface area contributed by atoms with E-state index in [9.17, 15) is 14.4 Å². The fraction of sp³-hybridized carbons (Fsp3) is 0.214. The zero-order valence-corrected chi connectivity index (χ0v) is 19.9. The molecule has 4 aromatic rings. The molecule has 36 heavy (non-hydrogen) atoms. The molecular weight excluding hydrogens is 456 g/mol. The maximum absolute atomic E-state index is 13.5. The highest BCUT2D eigenvalue weighted by molar-refractivity contribution is 5.99. The second-order valence-electron chi connectivity index (χ2n) is 8.77. The van der Waals surface area contributed by atoms with Crippen LogP contribution in [0.25, 0.3) is 10.9 Å². The minimum absolute atomic E-state index is 0.186. The minimum Gasteiger partial charge on any atom is -0.489 e. The number of anilines is 1. The predicted octanol–water partition coefficient (Wildman–Crippen LogP) is 3.87. The van der Waals surface area contributed by atoms with Crippen molar-refractivity contribution in [1.29, 1.82) is 0 Å². The molecule has 0 spiro atoms. The Balaban J connectivity index is 1.34. The van der Waals surface area contributed by atoms with Crippen LogP contribution < -0.4 is 20.9 Å². The molecule has 1 aliphatic rings. The molecule has 1 saturated heterocycles. The third-order valence-electron chi connectivity index (χ3n) is 6.28. The van der Waals surface area contributed by atoms with Gasteiger partial charge in [-0.05, 0) is 48.7 Å². The van der Waals surface area contributed by atoms with Gasteiger partial charge >= 0.3 is 0 Å². The molecule has 1 unspecified atom stereocenters. The van der Waals surface area contributed by atoms with Gasteiger partial charge in [-0.3, -0.25) is 24.3 Å². The number of ether oxygens (including phenoxy) is 1. The maximum Gasteiger partial charge on any atom is 0.264 e. The van der Waals surface area contributed by atoms with Gasteiger partial charge in [0.2, 0.25) is 11.8 Å². The lowest BCUT2D eigenvalue weighted by Crippen LogP contribution is -2.45. The minimum atomic E-state index is -0.761. The molecular formula is C28H26N4O4. The van der Waals surface area contributed by atoms with Gasteiger partial charge in [-0.15, -0.1) is 0 Å². The Bertz CT molecular complexity index is 1480. The van der Waals surface area contributed by atoms with E-state index in [4.69, 9.17) is 4.74 Å². The summed E-state index contributed by atoms with van der Waals surface area (Å²) in [6.45, 7) is 2.69. The van der Waals surface area contributed by atoms with E-state index in [-0.39, 0.29) is 24.3 Å². The monoisotopic (exact) mass is 482 g/mol. The Morgan fingerprint density at radius 1 is 0.972 bits per heavy atom. The van der Waals surface area contributed by atoms with Gasteiger partial charge in [0.15, 0.2) is 0 Å². The highest BCUT2D eigenvalue weighted by Gasteiger charge is 2.30. The third kappa shape index (κ3) is 4.84. The lowest BCUT2D eigenvalue weighted by atomic mass is 10.1. The highest BCUT2D eigenvalue weighted by Crippen LogP contribution is 2.24. The van der Waals surface area contributed by atoms with Crippen molar-refractivity contribution < 1.29 is 14.3 Å². The molecule has 1 aliphatic heterocycles. The number of fused-ring (bicyclic) bond motifs is 1. The number of piperidine rings is 1. The van der Waals surface area contributed by atoms with E-state index in [0.717, 1.165) is 16.9 Å². The zero-order chi connectivity index (χ0) is 25.1. The molecule has 8 heteroatoms. The zero-order valence-electron chi connectivity index (χ0n) is 19.9. The van der Waals surface area contributed by atoms with Crippen molar-refractivity contribution in [1.82, 2.24) is 14.9 Å². The van der Waals surface area contributed by atoms with Gasteiger partial charge in [0.1, 0.15) is 24.2 Å². The van der Waals surface area contributed by atoms with Crippen LogP contribution in [-0.2, 0) is 22.7 Å². The van der Waals surface area contributed by atoms with Gasteiger partial charge in [0, 0.05) is 18.7 Å². The number of imide groups is 1. The number of aryl methyl sites for hydroxylation is 1. The molecule has 182 valence electrons. The fourth-order valence-electron chi connectivity index (χ4n) is 4.44. The van der Waals surface area contributed by atoms with E-state index < -0.39 is 11.9 Å². The van der Waals surface area contributed by atoms with Crippen molar-refractivity contribution >= 4 is 28.4 Å². The number of aromatic nitrogens is 2. The Morgan fingerprint density at radius 2 is 1.75 bits per heavy atom. The summed E-state index contributed by atoms with van der Waals surface area (Å²) >= 11 is 0. The number of amides is 2. The van der Waals surface area contributed by atoms with Gasteiger partial charge in [-0.2, -0.15) is 0 Å². The molecule has 5 rings (SSSR count). The van der Waals surface area contributed by atoms with Crippen LogP contribution in [0, 0.1) is 6.92 Å². The van der Waals surface area contributed by atoms with E-state index in [1.807, 2.05) is 66.7 Å². The van der Waals surface area contributed by atoms with E-state index in [1.54, 1.807) is 13.0 Å². The molecule has 3 aromatic carbocycles. The SMILES string of the molecule is Cc1nc2cccc(NCc3ccc(OCc4ccccc4)cc3)c2c(=O)n1C1CCC(=O)NC1=O. The maximum atomic E-state index is 13.5. The van der Waals surface area contributed by atoms with E-state index in [0.29, 0.717) is 35.6 Å². The van der Waals surface area contributed by atoms with Gasteiger partial charge in [-0.1, -0.05) is 48.5 Å². The van der Waals surface area contributed by atoms with Crippen LogP contribution in [0.3, 0.4) is 0 Å². The van der Waals surface area contributed by atoms with Crippen molar-refractivity contribution in [3.05, 3.63) is 100 Å². The normalized spacial score (nSPS) is 15.5. The van der Waals surface area contributed by atoms with Crippen molar-refractivity contribution in [2.75, 3.05) is 5.32 Å². The Hall–Kier alpha value is -4.46. The summed E-state index contributed by atoms with van der Waals surface area (Å²) < 4.78 is 7.25. The van der Waals surface area contributed by atoms with E-state index in [1.165, 1.54) is 4.57 Å². The van der Waals surface area contributed by atoms with Crippen LogP contribution in [0.2, 0.25) is 0 Å². The second kappa shape index (κ2) is 10.0. The molecule has 2 amide bonds. The lowest BCUT2D eigenvalue weighted by Gasteiger charge is -2.24. The number of hydrogen-bond acceptors (Lipinski definition) is 6. The Kier molecular flexibility index (Phi) is 6.49. The standard InChI is InChI=1S/C28H26N4O4/c1-18-30-23-9-5-8-22(26(23)28(35)32(18)24-14-15-25(33)31-27(24)34)29-16-19-10-12-21(13-11-19)36-17-20-6-3-2-4-7-20/h2-13,24,29H,14-17H2,1H3,(H,31,33,34). The first-order valence-electron chi connectivity index (χ1n) is 11.8. The summed E-state index contributed by atoms with van der Waals surface area (Å²) in [4.78, 5) is 42.1. The molecule has 1 aromatic heterocycles. The first-order chi connectivity index (χ1) is 17.5. The third-order valence-corrected chi connectivity index (χ3v) is 6.28. The average molecular weight is 483 g/mol. The lowest BCUT2D eigenvalue weighted by molar-refractivity contribution is -0.135. The number of nitrogens with zero attached hydrogens (tertiary/aromatic N) is 2. The predicted molar refractivity (Wildman–Crippen MR) is 137 cm³/mol. The molecule has 0 bridgehead atoms. The smallest absolute Gasteiger partial charge is 0.264 e. The van der Waals surface area contributed by atoms with Gasteiger partial charge in [-0.25, -0.2) is 4.98 Å². The number of nitrogens with one attached hydrogen (secondary N) is 2. The number of hydrogen-bond donors (Lipinski definition) is 2. The van der Waals surface area contributed by atoms with Gasteiger partial charge in [0.25, 0.3) is 5.56 Å². The number of carbonyl (C=O) groups is 2. The number of benzene rings is 3. The van der Waals surface area contributed by atoms with E-state index in [2.05, 4.69) is 15.6 Å². The highest BCUT2D eigenvalue weighted by atomic mass is 16.5. The quantitative estimate of drug-likeness (QED) is 0.388. The molecule has 1 fully saturated rings. The summed E-state index contributed by atoms with van der Waals surface area (Å²) in [5.74, 6) is 0.414. The molecule has 0 saturated carbocycles. The fourth-order valence-corrected chi connectivity index (χ4v) is 4.44. The summed E-state index contributed by atoms with van der Waals surface area (Å²) in [5, 5.41) is 6.08. The van der Waals surface area contributed by atoms with Crippen LogP contribution in [0.5, 0.6) is 5.75 Å². The summed E-state index contributed by atoms with van der Waals surface area (Å²) in [6, 6.07) is 22.5. The topological polar surface area (TPSA) is 102 Å². The Morgan fingerprint density at radius 3 is 2.50 bits per heavy atom. The average Bonchev–Trinajstić information content (AvgIpc) is 2.88. The largest absolute Gasteiger partial charge is 0.489 e. The molecule has 8 nitrogen and oxygen atoms in total. The van der Waals surface area contributed by atoms with Crippen molar-refractivity contribution in [3.8, 4) is 5.75 Å². The molecule has 2 N–H and O–H groups in total. The van der Waals surface area contributed by atoms with Gasteiger partial charge in [0.05, 0.1) is 10.9 Å². The number of rotatable bonds is 7. The van der Waals surface area contributed by atoms with Crippen LogP contribution in [0.1, 0.15) is 35.8 Å². The molecule has 0 radical (unpaired) electrons. The van der Waals surface area contributed by atoms with Crippen molar-refractivity contribution in [3.63, 3.8) is 0 Å². The van der Waals surface area contributed by atoms with Crippen LogP contribution in [-0.4, -0.2) is 21.4 Å². The van der Waals surface area contributed by atoms with E-state index >= 15 is 0 Å². The van der Waals surface area contributed by atoms with Crippen molar-refractivity contribution in [2.24, 2.45) is 0 Å². The molecule has 1 atom stereocenters. The second-order valence-corrected chi connectivity index (χ2v) is 8.77. The van der Waals surface area contributed by atoms with Gasteiger partial charge < -0.3 is 10.1 Å². The summed E-state index contributed by atoms with van der Waals surface area (Å²) in [5.41, 5.74) is 3.00. The van der Waals surface area contributed by atoms with Crippen LogP contribution in [0.15, 0.2) is 77.6 Å². The molecule has 0 aliphatic carbocycles. The first kappa shape index (κ1) is 23.3. The molecule has 2 heterocycles. The first-order valence-corrected chi connectivity index (χ1v) is 11.8.